The Morgan fingerprint density at radius 2 is 2.00 bits per heavy atom. The summed E-state index contributed by atoms with van der Waals surface area (Å²) in [5.74, 6) is 0.816. The van der Waals surface area contributed by atoms with E-state index in [1.54, 1.807) is 4.90 Å². The Morgan fingerprint density at radius 1 is 1.28 bits per heavy atom. The van der Waals surface area contributed by atoms with Gasteiger partial charge in [0, 0.05) is 13.1 Å². The number of hydrogen-bond acceptors (Lipinski definition) is 4. The van der Waals surface area contributed by atoms with Crippen LogP contribution >= 0.6 is 12.4 Å². The first-order valence-corrected chi connectivity index (χ1v) is 9.07. The van der Waals surface area contributed by atoms with Gasteiger partial charge in [0.25, 0.3) is 5.91 Å². The molecule has 1 N–H and O–H groups in total. The normalized spacial score (nSPS) is 18.2. The van der Waals surface area contributed by atoms with E-state index in [-0.39, 0.29) is 30.5 Å². The lowest BCUT2D eigenvalue weighted by atomic mass is 9.80. The molecule has 2 aliphatic heterocycles. The molecule has 0 saturated carbocycles. The van der Waals surface area contributed by atoms with E-state index in [1.807, 2.05) is 19.9 Å². The molecule has 1 spiro atoms. The van der Waals surface area contributed by atoms with E-state index in [1.165, 1.54) is 11.1 Å². The summed E-state index contributed by atoms with van der Waals surface area (Å²) in [5, 5.41) is 3.41. The van der Waals surface area contributed by atoms with Gasteiger partial charge in [-0.3, -0.25) is 4.79 Å². The lowest BCUT2D eigenvalue weighted by molar-refractivity contribution is -0.132. The van der Waals surface area contributed by atoms with Gasteiger partial charge in [0.2, 0.25) is 0 Å². The van der Waals surface area contributed by atoms with Crippen LogP contribution in [-0.4, -0.2) is 50.2 Å². The molecule has 2 heterocycles. The van der Waals surface area contributed by atoms with Crippen LogP contribution in [0.2, 0.25) is 0 Å². The maximum absolute atomic E-state index is 12.1. The first-order valence-electron chi connectivity index (χ1n) is 9.07. The summed E-state index contributed by atoms with van der Waals surface area (Å²) in [6.07, 6.45) is 2.94. The molecule has 0 aliphatic carbocycles. The summed E-state index contributed by atoms with van der Waals surface area (Å²) in [4.78, 5) is 13.9. The number of halogens is 1. The van der Waals surface area contributed by atoms with Crippen LogP contribution < -0.4 is 10.1 Å². The van der Waals surface area contributed by atoms with Gasteiger partial charge >= 0.3 is 0 Å². The van der Waals surface area contributed by atoms with Gasteiger partial charge in [-0.25, -0.2) is 0 Å². The number of nitrogens with zero attached hydrogens (tertiary/aromatic N) is 1. The molecular weight excluding hydrogens is 340 g/mol. The fourth-order valence-corrected chi connectivity index (χ4v) is 3.80. The highest BCUT2D eigenvalue weighted by Gasteiger charge is 2.38. The molecule has 1 amide bonds. The molecule has 25 heavy (non-hydrogen) atoms. The standard InChI is InChI=1S/C19H28N2O3.ClH/c1-3-21(4-2)18(22)14-23-16-5-6-17-15(13-16)7-12-24-19(17)8-10-20-11-9-19;/h5-6,13,20H,3-4,7-12,14H2,1-2H3;1H. The number of nitrogens with one attached hydrogen (secondary N) is 1. The van der Waals surface area contributed by atoms with Gasteiger partial charge in [-0.1, -0.05) is 6.07 Å². The second-order valence-electron chi connectivity index (χ2n) is 6.52. The summed E-state index contributed by atoms with van der Waals surface area (Å²) in [6.45, 7) is 8.26. The second-order valence-corrected chi connectivity index (χ2v) is 6.52. The lowest BCUT2D eigenvalue weighted by Crippen LogP contribution is -2.44. The highest BCUT2D eigenvalue weighted by molar-refractivity contribution is 5.85. The van der Waals surface area contributed by atoms with Gasteiger partial charge < -0.3 is 19.7 Å². The van der Waals surface area contributed by atoms with Crippen LogP contribution in [-0.2, 0) is 21.6 Å². The zero-order valence-corrected chi connectivity index (χ0v) is 16.0. The fourth-order valence-electron chi connectivity index (χ4n) is 3.80. The maximum Gasteiger partial charge on any atom is 0.260 e. The average molecular weight is 369 g/mol. The Morgan fingerprint density at radius 3 is 2.68 bits per heavy atom. The van der Waals surface area contributed by atoms with Gasteiger partial charge in [0.05, 0.1) is 12.2 Å². The van der Waals surface area contributed by atoms with Crippen molar-refractivity contribution >= 4 is 18.3 Å². The molecule has 1 aromatic rings. The van der Waals surface area contributed by atoms with Crippen molar-refractivity contribution in [2.45, 2.75) is 38.7 Å². The summed E-state index contributed by atoms with van der Waals surface area (Å²) in [5.41, 5.74) is 2.47. The molecule has 0 atom stereocenters. The van der Waals surface area contributed by atoms with E-state index in [0.717, 1.165) is 57.8 Å². The number of piperidine rings is 1. The molecule has 5 nitrogen and oxygen atoms in total. The Kier molecular flexibility index (Phi) is 7.11. The first kappa shape index (κ1) is 20.0. The Bertz CT molecular complexity index is 584. The summed E-state index contributed by atoms with van der Waals surface area (Å²) in [6, 6.07) is 6.21. The van der Waals surface area contributed by atoms with Gasteiger partial charge in [-0.15, -0.1) is 12.4 Å². The molecule has 0 radical (unpaired) electrons. The smallest absolute Gasteiger partial charge is 0.260 e. The molecule has 2 aliphatic rings. The highest BCUT2D eigenvalue weighted by Crippen LogP contribution is 2.41. The number of benzene rings is 1. The van der Waals surface area contributed by atoms with E-state index in [0.29, 0.717) is 0 Å². The Balaban J connectivity index is 0.00000225. The Hall–Kier alpha value is -1.30. The molecule has 0 bridgehead atoms. The summed E-state index contributed by atoms with van der Waals surface area (Å²) >= 11 is 0. The molecule has 0 aromatic heterocycles. The number of likely N-dealkylation sites (N-methyl/N-ethyl adjacent to an activating group) is 1. The van der Waals surface area contributed by atoms with Crippen molar-refractivity contribution in [3.8, 4) is 5.75 Å². The predicted octanol–water partition coefficient (Wildman–Crippen LogP) is 2.51. The van der Waals surface area contributed by atoms with Crippen LogP contribution in [0, 0.1) is 0 Å². The zero-order chi connectivity index (χ0) is 17.0. The van der Waals surface area contributed by atoms with Crippen molar-refractivity contribution in [2.75, 3.05) is 39.4 Å². The maximum atomic E-state index is 12.1. The van der Waals surface area contributed by atoms with Crippen LogP contribution in [0.15, 0.2) is 18.2 Å². The number of carbonyl (C=O) groups is 1. The topological polar surface area (TPSA) is 50.8 Å². The van der Waals surface area contributed by atoms with Crippen molar-refractivity contribution in [2.24, 2.45) is 0 Å². The summed E-state index contributed by atoms with van der Waals surface area (Å²) < 4.78 is 11.9. The van der Waals surface area contributed by atoms with E-state index in [4.69, 9.17) is 9.47 Å². The summed E-state index contributed by atoms with van der Waals surface area (Å²) in [7, 11) is 0. The van der Waals surface area contributed by atoms with Crippen LogP contribution in [0.1, 0.15) is 37.8 Å². The quantitative estimate of drug-likeness (QED) is 0.867. The number of ether oxygens (including phenoxy) is 2. The molecule has 1 saturated heterocycles. The monoisotopic (exact) mass is 368 g/mol. The van der Waals surface area contributed by atoms with Crippen molar-refractivity contribution in [1.82, 2.24) is 10.2 Å². The van der Waals surface area contributed by atoms with Crippen LogP contribution in [0.3, 0.4) is 0 Å². The number of fused-ring (bicyclic) bond motifs is 2. The number of hydrogen-bond donors (Lipinski definition) is 1. The third kappa shape index (κ3) is 4.27. The molecule has 3 rings (SSSR count). The first-order chi connectivity index (χ1) is 11.7. The van der Waals surface area contributed by atoms with E-state index in [9.17, 15) is 4.79 Å². The molecule has 1 fully saturated rings. The molecule has 1 aromatic carbocycles. The van der Waals surface area contributed by atoms with E-state index in [2.05, 4.69) is 17.4 Å². The van der Waals surface area contributed by atoms with Gasteiger partial charge in [0.1, 0.15) is 5.75 Å². The van der Waals surface area contributed by atoms with Crippen LogP contribution in [0.5, 0.6) is 5.75 Å². The van der Waals surface area contributed by atoms with Crippen molar-refractivity contribution in [3.63, 3.8) is 0 Å². The minimum Gasteiger partial charge on any atom is -0.484 e. The van der Waals surface area contributed by atoms with Crippen LogP contribution in [0.25, 0.3) is 0 Å². The highest BCUT2D eigenvalue weighted by atomic mass is 35.5. The Labute approximate surface area is 156 Å². The van der Waals surface area contributed by atoms with Crippen molar-refractivity contribution in [1.29, 1.82) is 0 Å². The zero-order valence-electron chi connectivity index (χ0n) is 15.2. The van der Waals surface area contributed by atoms with E-state index < -0.39 is 0 Å². The van der Waals surface area contributed by atoms with Crippen molar-refractivity contribution in [3.05, 3.63) is 29.3 Å². The van der Waals surface area contributed by atoms with Crippen LogP contribution in [0.4, 0.5) is 0 Å². The largest absolute Gasteiger partial charge is 0.484 e. The minimum atomic E-state index is -0.131. The third-order valence-corrected chi connectivity index (χ3v) is 5.21. The third-order valence-electron chi connectivity index (χ3n) is 5.21. The molecular formula is C19H29ClN2O3. The average Bonchev–Trinajstić information content (AvgIpc) is 2.62. The van der Waals surface area contributed by atoms with E-state index >= 15 is 0 Å². The molecule has 140 valence electrons. The van der Waals surface area contributed by atoms with Crippen molar-refractivity contribution < 1.29 is 14.3 Å². The lowest BCUT2D eigenvalue weighted by Gasteiger charge is -2.42. The molecule has 0 unspecified atom stereocenters. The molecule has 6 heteroatoms. The fraction of sp³-hybridized carbons (Fsp3) is 0.632. The van der Waals surface area contributed by atoms with Gasteiger partial charge in [-0.05, 0) is 69.5 Å². The number of rotatable bonds is 5. The van der Waals surface area contributed by atoms with Gasteiger partial charge in [0.15, 0.2) is 6.61 Å². The number of amides is 1. The second kappa shape index (κ2) is 8.88. The predicted molar refractivity (Wildman–Crippen MR) is 101 cm³/mol. The number of carbonyl (C=O) groups excluding carboxylic acids is 1. The SMILES string of the molecule is CCN(CC)C(=O)COc1ccc2c(c1)CCOC21CCNCC1.Cl. The van der Waals surface area contributed by atoms with Gasteiger partial charge in [-0.2, -0.15) is 0 Å². The minimum absolute atomic E-state index is 0.